The van der Waals surface area contributed by atoms with Crippen molar-refractivity contribution in [2.45, 2.75) is 77.7 Å². The number of fused-ring (bicyclic) bond motifs is 5. The van der Waals surface area contributed by atoms with Crippen LogP contribution in [-0.4, -0.2) is 6.04 Å². The minimum Gasteiger partial charge on any atom is -0.227 e. The normalized spacial score (nSPS) is 52.6. The third-order valence-electron chi connectivity index (χ3n) is 8.03. The fourth-order valence-corrected chi connectivity index (χ4v) is 6.98. The maximum atomic E-state index is 5.89. The maximum absolute atomic E-state index is 5.89. The minimum absolute atomic E-state index is 0.409. The number of allylic oxidation sites excluding steroid dienone is 1. The van der Waals surface area contributed by atoms with Crippen molar-refractivity contribution in [1.29, 1.82) is 0 Å². The third-order valence-corrected chi connectivity index (χ3v) is 8.31. The van der Waals surface area contributed by atoms with E-state index in [2.05, 4.69) is 24.8 Å². The molecule has 1 N–H and O–H groups in total. The molecule has 118 valence electrons. The van der Waals surface area contributed by atoms with E-state index in [4.69, 9.17) is 11.8 Å². The van der Waals surface area contributed by atoms with Gasteiger partial charge in [-0.15, -0.1) is 0 Å². The quantitative estimate of drug-likeness (QED) is 0.501. The van der Waals surface area contributed by atoms with E-state index in [0.717, 1.165) is 17.8 Å². The molecule has 3 saturated carbocycles. The summed E-state index contributed by atoms with van der Waals surface area (Å²) in [6.07, 6.45) is 15.3. The van der Waals surface area contributed by atoms with Gasteiger partial charge in [0.05, 0.1) is 0 Å². The van der Waals surface area contributed by atoms with Crippen LogP contribution in [0.5, 0.6) is 0 Å². The van der Waals surface area contributed by atoms with Crippen LogP contribution in [0.2, 0.25) is 0 Å². The molecule has 1 nitrogen and oxygen atoms in total. The molecule has 0 bridgehead atoms. The standard InChI is InChI=1S/C19H30ClN/c1-18-9-3-4-16(18)15-6-5-13-12-14(21-20)7-11-19(13,2)17(15)8-10-18/h12,14-17,21H,3-11H2,1-2H3/t14?,15-,16-,17-,18-,19-/m0/s1. The average molecular weight is 308 g/mol. The molecule has 4 aliphatic carbocycles. The lowest BCUT2D eigenvalue weighted by Crippen LogP contribution is -2.50. The number of hydrogen-bond acceptors (Lipinski definition) is 1. The fraction of sp³-hybridized carbons (Fsp3) is 0.895. The number of halogens is 1. The molecule has 0 saturated heterocycles. The Labute approximate surface area is 135 Å². The molecule has 4 aliphatic rings. The highest BCUT2D eigenvalue weighted by Crippen LogP contribution is 2.65. The Bertz CT molecular complexity index is 458. The van der Waals surface area contributed by atoms with E-state index in [1.807, 2.05) is 0 Å². The first-order valence-corrected chi connectivity index (χ1v) is 9.52. The molecule has 0 aromatic carbocycles. The van der Waals surface area contributed by atoms with Crippen molar-refractivity contribution in [1.82, 2.24) is 4.84 Å². The molecule has 21 heavy (non-hydrogen) atoms. The Kier molecular flexibility index (Phi) is 3.47. The molecule has 0 aromatic rings. The molecule has 0 amide bonds. The van der Waals surface area contributed by atoms with Gasteiger partial charge in [0.15, 0.2) is 0 Å². The molecular weight excluding hydrogens is 278 g/mol. The Morgan fingerprint density at radius 1 is 1.05 bits per heavy atom. The molecule has 0 aromatic heterocycles. The van der Waals surface area contributed by atoms with Gasteiger partial charge in [0, 0.05) is 6.04 Å². The van der Waals surface area contributed by atoms with Crippen LogP contribution in [-0.2, 0) is 0 Å². The zero-order valence-electron chi connectivity index (χ0n) is 13.6. The maximum Gasteiger partial charge on any atom is 0.0404 e. The molecular formula is C19H30ClN. The summed E-state index contributed by atoms with van der Waals surface area (Å²) in [7, 11) is 0. The highest BCUT2D eigenvalue weighted by molar-refractivity contribution is 6.13. The fourth-order valence-electron chi connectivity index (χ4n) is 6.81. The first kappa shape index (κ1) is 14.6. The van der Waals surface area contributed by atoms with Crippen molar-refractivity contribution in [3.8, 4) is 0 Å². The zero-order chi connectivity index (χ0) is 14.7. The zero-order valence-corrected chi connectivity index (χ0v) is 14.4. The van der Waals surface area contributed by atoms with Crippen LogP contribution in [0.15, 0.2) is 11.6 Å². The lowest BCUT2D eigenvalue weighted by atomic mass is 9.47. The predicted octanol–water partition coefficient (Wildman–Crippen LogP) is 5.45. The summed E-state index contributed by atoms with van der Waals surface area (Å²) in [6.45, 7) is 5.18. The minimum atomic E-state index is 0.409. The summed E-state index contributed by atoms with van der Waals surface area (Å²) in [6, 6.07) is 0.409. The van der Waals surface area contributed by atoms with E-state index < -0.39 is 0 Å². The Balaban J connectivity index is 1.65. The van der Waals surface area contributed by atoms with Gasteiger partial charge in [-0.25, -0.2) is 4.84 Å². The van der Waals surface area contributed by atoms with Crippen LogP contribution in [0.1, 0.15) is 71.6 Å². The van der Waals surface area contributed by atoms with Crippen LogP contribution < -0.4 is 4.84 Å². The molecule has 4 rings (SSSR count). The topological polar surface area (TPSA) is 12.0 Å². The molecule has 0 aliphatic heterocycles. The van der Waals surface area contributed by atoms with Crippen molar-refractivity contribution < 1.29 is 0 Å². The van der Waals surface area contributed by atoms with Crippen molar-refractivity contribution in [3.63, 3.8) is 0 Å². The van der Waals surface area contributed by atoms with Gasteiger partial charge in [-0.2, -0.15) is 0 Å². The van der Waals surface area contributed by atoms with Crippen LogP contribution in [0.4, 0.5) is 0 Å². The molecule has 6 atom stereocenters. The summed E-state index contributed by atoms with van der Waals surface area (Å²) < 4.78 is 0. The molecule has 0 radical (unpaired) electrons. The molecule has 2 heteroatoms. The predicted molar refractivity (Wildman–Crippen MR) is 89.1 cm³/mol. The summed E-state index contributed by atoms with van der Waals surface area (Å²) in [5.74, 6) is 2.98. The van der Waals surface area contributed by atoms with E-state index >= 15 is 0 Å². The summed E-state index contributed by atoms with van der Waals surface area (Å²) in [5.41, 5.74) is 2.90. The van der Waals surface area contributed by atoms with Crippen molar-refractivity contribution in [2.75, 3.05) is 0 Å². The summed E-state index contributed by atoms with van der Waals surface area (Å²) >= 11 is 5.89. The molecule has 0 heterocycles. The highest BCUT2D eigenvalue weighted by Gasteiger charge is 2.55. The second kappa shape index (κ2) is 4.99. The van der Waals surface area contributed by atoms with Crippen molar-refractivity contribution in [3.05, 3.63) is 11.6 Å². The second-order valence-corrected chi connectivity index (χ2v) is 9.08. The number of nitrogens with one attached hydrogen (secondary N) is 1. The lowest BCUT2D eigenvalue weighted by molar-refractivity contribution is -0.0368. The lowest BCUT2D eigenvalue weighted by Gasteiger charge is -2.58. The van der Waals surface area contributed by atoms with Crippen LogP contribution >= 0.6 is 11.8 Å². The molecule has 0 spiro atoms. The van der Waals surface area contributed by atoms with Gasteiger partial charge in [0.25, 0.3) is 0 Å². The average Bonchev–Trinajstić information content (AvgIpc) is 2.88. The monoisotopic (exact) mass is 307 g/mol. The van der Waals surface area contributed by atoms with Gasteiger partial charge in [0.2, 0.25) is 0 Å². The summed E-state index contributed by atoms with van der Waals surface area (Å²) in [5, 5.41) is 0. The van der Waals surface area contributed by atoms with Crippen LogP contribution in [0.3, 0.4) is 0 Å². The van der Waals surface area contributed by atoms with E-state index in [0.29, 0.717) is 16.9 Å². The first-order valence-electron chi connectivity index (χ1n) is 9.14. The van der Waals surface area contributed by atoms with E-state index in [1.165, 1.54) is 57.8 Å². The Hall–Kier alpha value is -0.0100. The van der Waals surface area contributed by atoms with E-state index in [1.54, 1.807) is 5.57 Å². The van der Waals surface area contributed by atoms with Gasteiger partial charge in [-0.3, -0.25) is 0 Å². The van der Waals surface area contributed by atoms with Gasteiger partial charge < -0.3 is 0 Å². The largest absolute Gasteiger partial charge is 0.227 e. The Morgan fingerprint density at radius 3 is 2.71 bits per heavy atom. The second-order valence-electron chi connectivity index (χ2n) is 8.86. The molecule has 1 unspecified atom stereocenters. The van der Waals surface area contributed by atoms with Gasteiger partial charge in [-0.05, 0) is 91.7 Å². The van der Waals surface area contributed by atoms with Crippen LogP contribution in [0, 0.1) is 28.6 Å². The van der Waals surface area contributed by atoms with Gasteiger partial charge in [-0.1, -0.05) is 31.9 Å². The number of rotatable bonds is 1. The van der Waals surface area contributed by atoms with Gasteiger partial charge >= 0.3 is 0 Å². The highest BCUT2D eigenvalue weighted by atomic mass is 35.5. The van der Waals surface area contributed by atoms with Gasteiger partial charge in [0.1, 0.15) is 0 Å². The van der Waals surface area contributed by atoms with Crippen LogP contribution in [0.25, 0.3) is 0 Å². The van der Waals surface area contributed by atoms with Crippen molar-refractivity contribution in [2.24, 2.45) is 28.6 Å². The van der Waals surface area contributed by atoms with Crippen molar-refractivity contribution >= 4 is 11.8 Å². The number of hydrogen-bond donors (Lipinski definition) is 1. The first-order chi connectivity index (χ1) is 10.1. The smallest absolute Gasteiger partial charge is 0.0404 e. The third kappa shape index (κ3) is 2.06. The molecule has 3 fully saturated rings. The Morgan fingerprint density at radius 2 is 1.90 bits per heavy atom. The van der Waals surface area contributed by atoms with E-state index in [-0.39, 0.29) is 0 Å². The van der Waals surface area contributed by atoms with E-state index in [9.17, 15) is 0 Å². The SMILES string of the molecule is C[C@@]12CCC[C@H]1[C@@H]1CCC3=CC(NCl)CC[C@]3(C)[C@H]1CC2. The summed E-state index contributed by atoms with van der Waals surface area (Å²) in [4.78, 5) is 2.97.